The van der Waals surface area contributed by atoms with E-state index in [0.717, 1.165) is 32.2 Å². The highest BCUT2D eigenvalue weighted by Gasteiger charge is 2.41. The molecule has 1 aliphatic carbocycles. The van der Waals surface area contributed by atoms with Gasteiger partial charge in [-0.25, -0.2) is 0 Å². The average Bonchev–Trinajstić information content (AvgIpc) is 2.54. The first-order valence-corrected chi connectivity index (χ1v) is 9.07. The molecule has 0 radical (unpaired) electrons. The summed E-state index contributed by atoms with van der Waals surface area (Å²) in [5.74, 6) is 1.52. The third kappa shape index (κ3) is 3.80. The van der Waals surface area contributed by atoms with Crippen LogP contribution < -0.4 is 5.73 Å². The van der Waals surface area contributed by atoms with E-state index in [1.165, 1.54) is 32.1 Å². The van der Waals surface area contributed by atoms with Crippen LogP contribution in [0.1, 0.15) is 59.8 Å². The third-order valence-electron chi connectivity index (χ3n) is 6.45. The van der Waals surface area contributed by atoms with Gasteiger partial charge in [0.05, 0.1) is 13.2 Å². The van der Waals surface area contributed by atoms with E-state index in [0.29, 0.717) is 23.4 Å². The Kier molecular flexibility index (Phi) is 6.10. The average molecular weight is 296 g/mol. The number of ether oxygens (including phenoxy) is 1. The number of morpholine rings is 1. The minimum atomic E-state index is 0.464. The van der Waals surface area contributed by atoms with Crippen molar-refractivity contribution in [3.8, 4) is 0 Å². The second-order valence-electron chi connectivity index (χ2n) is 7.79. The highest BCUT2D eigenvalue weighted by atomic mass is 16.5. The van der Waals surface area contributed by atoms with E-state index >= 15 is 0 Å². The number of rotatable bonds is 5. The molecule has 2 N–H and O–H groups in total. The van der Waals surface area contributed by atoms with Crippen LogP contribution in [0.2, 0.25) is 0 Å². The quantitative estimate of drug-likeness (QED) is 0.846. The summed E-state index contributed by atoms with van der Waals surface area (Å²) < 4.78 is 5.71. The molecule has 4 unspecified atom stereocenters. The molecule has 0 amide bonds. The predicted molar refractivity (Wildman–Crippen MR) is 89.3 cm³/mol. The maximum Gasteiger partial charge on any atom is 0.0622 e. The van der Waals surface area contributed by atoms with Crippen LogP contribution in [0, 0.1) is 17.3 Å². The Morgan fingerprint density at radius 3 is 2.62 bits per heavy atom. The van der Waals surface area contributed by atoms with E-state index in [2.05, 4.69) is 32.6 Å². The van der Waals surface area contributed by atoms with E-state index in [1.54, 1.807) is 0 Å². The van der Waals surface area contributed by atoms with Gasteiger partial charge in [0.25, 0.3) is 0 Å². The Labute approximate surface area is 131 Å². The first kappa shape index (κ1) is 17.2. The van der Waals surface area contributed by atoms with Crippen molar-refractivity contribution >= 4 is 0 Å². The highest BCUT2D eigenvalue weighted by molar-refractivity contribution is 4.94. The van der Waals surface area contributed by atoms with Gasteiger partial charge in [-0.15, -0.1) is 0 Å². The fraction of sp³-hybridized carbons (Fsp3) is 1.00. The standard InChI is InChI=1S/C18H36N2O/c1-5-16-13-21-10-9-20(16)17-11-15(18(3,4)6-2)8-7-14(17)12-19/h14-17H,5-13,19H2,1-4H3. The predicted octanol–water partition coefficient (Wildman–Crippen LogP) is 3.28. The fourth-order valence-corrected chi connectivity index (χ4v) is 4.35. The maximum absolute atomic E-state index is 6.12. The largest absolute Gasteiger partial charge is 0.378 e. The zero-order chi connectivity index (χ0) is 15.5. The van der Waals surface area contributed by atoms with Crippen LogP contribution in [0.3, 0.4) is 0 Å². The van der Waals surface area contributed by atoms with Crippen molar-refractivity contribution in [1.29, 1.82) is 0 Å². The van der Waals surface area contributed by atoms with Crippen LogP contribution >= 0.6 is 0 Å². The van der Waals surface area contributed by atoms with Crippen molar-refractivity contribution in [3.63, 3.8) is 0 Å². The summed E-state index contributed by atoms with van der Waals surface area (Å²) in [5.41, 5.74) is 6.58. The van der Waals surface area contributed by atoms with Gasteiger partial charge in [-0.3, -0.25) is 4.90 Å². The van der Waals surface area contributed by atoms with Gasteiger partial charge >= 0.3 is 0 Å². The smallest absolute Gasteiger partial charge is 0.0622 e. The topological polar surface area (TPSA) is 38.5 Å². The second kappa shape index (κ2) is 7.43. The molecule has 0 aromatic carbocycles. The fourth-order valence-electron chi connectivity index (χ4n) is 4.35. The summed E-state index contributed by atoms with van der Waals surface area (Å²) >= 11 is 0. The van der Waals surface area contributed by atoms with Gasteiger partial charge in [0.2, 0.25) is 0 Å². The minimum absolute atomic E-state index is 0.464. The number of nitrogens with two attached hydrogens (primary N) is 1. The molecule has 1 heterocycles. The molecule has 1 saturated heterocycles. The molecule has 124 valence electrons. The zero-order valence-corrected chi connectivity index (χ0v) is 14.6. The summed E-state index contributed by atoms with van der Waals surface area (Å²) in [6.45, 7) is 13.3. The lowest BCUT2D eigenvalue weighted by atomic mass is 9.65. The van der Waals surface area contributed by atoms with Crippen molar-refractivity contribution in [1.82, 2.24) is 4.90 Å². The van der Waals surface area contributed by atoms with Gasteiger partial charge in [-0.2, -0.15) is 0 Å². The van der Waals surface area contributed by atoms with E-state index < -0.39 is 0 Å². The zero-order valence-electron chi connectivity index (χ0n) is 14.6. The molecule has 1 saturated carbocycles. The van der Waals surface area contributed by atoms with Crippen molar-refractivity contribution in [2.75, 3.05) is 26.3 Å². The molecule has 2 fully saturated rings. The lowest BCUT2D eigenvalue weighted by Crippen LogP contribution is -2.56. The maximum atomic E-state index is 6.12. The summed E-state index contributed by atoms with van der Waals surface area (Å²) in [7, 11) is 0. The first-order valence-electron chi connectivity index (χ1n) is 9.07. The lowest BCUT2D eigenvalue weighted by molar-refractivity contribution is -0.0633. The van der Waals surface area contributed by atoms with E-state index in [1.807, 2.05) is 0 Å². The monoisotopic (exact) mass is 296 g/mol. The van der Waals surface area contributed by atoms with Crippen LogP contribution in [0.5, 0.6) is 0 Å². The SMILES string of the molecule is CCC1COCCN1C1CC(C(C)(C)CC)CCC1CN. The molecule has 2 rings (SSSR count). The molecule has 2 aliphatic rings. The van der Waals surface area contributed by atoms with Crippen LogP contribution in [0.15, 0.2) is 0 Å². The Hall–Kier alpha value is -0.120. The number of hydrogen-bond donors (Lipinski definition) is 1. The van der Waals surface area contributed by atoms with Crippen LogP contribution in [0.25, 0.3) is 0 Å². The van der Waals surface area contributed by atoms with Crippen LogP contribution in [-0.2, 0) is 4.74 Å². The molecular weight excluding hydrogens is 260 g/mol. The summed E-state index contributed by atoms with van der Waals surface area (Å²) in [5, 5.41) is 0. The summed E-state index contributed by atoms with van der Waals surface area (Å²) in [6.07, 6.45) is 6.47. The van der Waals surface area contributed by atoms with Gasteiger partial charge in [0.15, 0.2) is 0 Å². The van der Waals surface area contributed by atoms with Crippen molar-refractivity contribution in [2.24, 2.45) is 23.0 Å². The normalized spacial score (nSPS) is 35.9. The Morgan fingerprint density at radius 2 is 2.00 bits per heavy atom. The molecule has 4 atom stereocenters. The van der Waals surface area contributed by atoms with Gasteiger partial charge in [0, 0.05) is 18.6 Å². The molecular formula is C18H36N2O. The van der Waals surface area contributed by atoms with E-state index in [-0.39, 0.29) is 0 Å². The number of nitrogens with zero attached hydrogens (tertiary/aromatic N) is 1. The third-order valence-corrected chi connectivity index (χ3v) is 6.45. The second-order valence-corrected chi connectivity index (χ2v) is 7.79. The molecule has 1 aliphatic heterocycles. The lowest BCUT2D eigenvalue weighted by Gasteiger charge is -2.50. The van der Waals surface area contributed by atoms with Crippen LogP contribution in [-0.4, -0.2) is 43.3 Å². The molecule has 0 aromatic rings. The van der Waals surface area contributed by atoms with Crippen LogP contribution in [0.4, 0.5) is 0 Å². The van der Waals surface area contributed by atoms with Gasteiger partial charge in [-0.05, 0) is 49.5 Å². The first-order chi connectivity index (χ1) is 10.0. The number of hydrogen-bond acceptors (Lipinski definition) is 3. The molecule has 0 spiro atoms. The Balaban J connectivity index is 2.12. The molecule has 21 heavy (non-hydrogen) atoms. The van der Waals surface area contributed by atoms with Crippen molar-refractivity contribution < 1.29 is 4.74 Å². The molecule has 0 aromatic heterocycles. The van der Waals surface area contributed by atoms with E-state index in [9.17, 15) is 0 Å². The molecule has 3 nitrogen and oxygen atoms in total. The van der Waals surface area contributed by atoms with Gasteiger partial charge in [0.1, 0.15) is 0 Å². The molecule has 0 bridgehead atoms. The van der Waals surface area contributed by atoms with E-state index in [4.69, 9.17) is 10.5 Å². The highest BCUT2D eigenvalue weighted by Crippen LogP contribution is 2.44. The minimum Gasteiger partial charge on any atom is -0.378 e. The summed E-state index contributed by atoms with van der Waals surface area (Å²) in [6, 6.07) is 1.27. The molecule has 3 heteroatoms. The Morgan fingerprint density at radius 1 is 1.24 bits per heavy atom. The summed E-state index contributed by atoms with van der Waals surface area (Å²) in [4.78, 5) is 2.75. The van der Waals surface area contributed by atoms with Crippen molar-refractivity contribution in [2.45, 2.75) is 71.9 Å². The van der Waals surface area contributed by atoms with Crippen molar-refractivity contribution in [3.05, 3.63) is 0 Å². The van der Waals surface area contributed by atoms with Gasteiger partial charge < -0.3 is 10.5 Å². The Bertz CT molecular complexity index is 318. The van der Waals surface area contributed by atoms with Gasteiger partial charge in [-0.1, -0.05) is 34.1 Å².